The van der Waals surface area contributed by atoms with Crippen LogP contribution in [0.2, 0.25) is 0 Å². The molecule has 0 saturated carbocycles. The molecule has 25 heavy (non-hydrogen) atoms. The number of hydrogen-bond donors (Lipinski definition) is 1. The zero-order chi connectivity index (χ0) is 17.9. The number of nitrogens with one attached hydrogen (secondary N) is 1. The van der Waals surface area contributed by atoms with Crippen molar-refractivity contribution in [3.05, 3.63) is 54.4 Å². The van der Waals surface area contributed by atoms with Crippen molar-refractivity contribution in [3.63, 3.8) is 0 Å². The molecule has 1 amide bonds. The van der Waals surface area contributed by atoms with Gasteiger partial charge in [0.1, 0.15) is 11.9 Å². The van der Waals surface area contributed by atoms with Gasteiger partial charge in [0, 0.05) is 25.4 Å². The molecular formula is C17H19N3O4S. The van der Waals surface area contributed by atoms with E-state index in [0.29, 0.717) is 24.3 Å². The first-order chi connectivity index (χ1) is 12.0. The molecule has 8 heteroatoms. The fraction of sp³-hybridized carbons (Fsp3) is 0.294. The van der Waals surface area contributed by atoms with Gasteiger partial charge in [-0.25, -0.2) is 8.42 Å². The van der Waals surface area contributed by atoms with Gasteiger partial charge in [-0.3, -0.25) is 9.78 Å². The molecule has 1 aliphatic rings. The van der Waals surface area contributed by atoms with Crippen LogP contribution in [0.15, 0.2) is 53.7 Å². The number of carbonyl (C=O) groups excluding carboxylic acids is 1. The lowest BCUT2D eigenvalue weighted by Gasteiger charge is -2.17. The first-order valence-electron chi connectivity index (χ1n) is 7.89. The number of rotatable bonds is 5. The van der Waals surface area contributed by atoms with E-state index in [1.54, 1.807) is 24.5 Å². The van der Waals surface area contributed by atoms with Gasteiger partial charge in [-0.1, -0.05) is 0 Å². The van der Waals surface area contributed by atoms with Gasteiger partial charge in [0.25, 0.3) is 5.91 Å². The lowest BCUT2D eigenvalue weighted by atomic mass is 10.2. The molecule has 1 saturated heterocycles. The third-order valence-electron chi connectivity index (χ3n) is 4.03. The Hall–Kier alpha value is -2.45. The summed E-state index contributed by atoms with van der Waals surface area (Å²) < 4.78 is 32.7. The summed E-state index contributed by atoms with van der Waals surface area (Å²) in [5.41, 5.74) is 0.417. The van der Waals surface area contributed by atoms with Crippen LogP contribution in [0, 0.1) is 0 Å². The van der Waals surface area contributed by atoms with Gasteiger partial charge in [-0.2, -0.15) is 4.31 Å². The Labute approximate surface area is 146 Å². The van der Waals surface area contributed by atoms with Crippen LogP contribution in [0.1, 0.15) is 16.8 Å². The molecule has 1 aliphatic heterocycles. The minimum absolute atomic E-state index is 0.169. The fourth-order valence-electron chi connectivity index (χ4n) is 2.69. The molecule has 2 heterocycles. The third kappa shape index (κ3) is 3.80. The van der Waals surface area contributed by atoms with E-state index in [1.807, 2.05) is 0 Å². The van der Waals surface area contributed by atoms with Crippen molar-refractivity contribution in [2.75, 3.05) is 20.1 Å². The molecule has 0 spiro atoms. The van der Waals surface area contributed by atoms with Crippen molar-refractivity contribution in [1.82, 2.24) is 14.6 Å². The van der Waals surface area contributed by atoms with Crippen LogP contribution < -0.4 is 10.1 Å². The predicted octanol–water partition coefficient (Wildman–Crippen LogP) is 1.28. The smallest absolute Gasteiger partial charge is 0.251 e. The van der Waals surface area contributed by atoms with Crippen molar-refractivity contribution < 1.29 is 17.9 Å². The molecule has 3 rings (SSSR count). The van der Waals surface area contributed by atoms with Crippen LogP contribution in [-0.2, 0) is 10.0 Å². The van der Waals surface area contributed by atoms with Gasteiger partial charge in [0.05, 0.1) is 17.6 Å². The standard InChI is InChI=1S/C17H19N3O4S/c1-18-17(21)13-4-6-16(7-5-13)25(22,23)20-10-8-15(12-20)24-14-3-2-9-19-11-14/h2-7,9,11,15H,8,10,12H2,1H3,(H,18,21). The molecule has 1 aromatic heterocycles. The summed E-state index contributed by atoms with van der Waals surface area (Å²) in [6.07, 6.45) is 3.67. The van der Waals surface area contributed by atoms with Crippen LogP contribution in [0.5, 0.6) is 5.75 Å². The minimum atomic E-state index is -3.61. The maximum Gasteiger partial charge on any atom is 0.251 e. The van der Waals surface area contributed by atoms with Crippen molar-refractivity contribution in [2.45, 2.75) is 17.4 Å². The molecule has 132 valence electrons. The summed E-state index contributed by atoms with van der Waals surface area (Å²) in [6, 6.07) is 9.48. The monoisotopic (exact) mass is 361 g/mol. The van der Waals surface area contributed by atoms with Crippen LogP contribution in [0.3, 0.4) is 0 Å². The first-order valence-corrected chi connectivity index (χ1v) is 9.33. The Bertz CT molecular complexity index is 838. The Morgan fingerprint density at radius 3 is 2.68 bits per heavy atom. The van der Waals surface area contributed by atoms with Crippen molar-refractivity contribution >= 4 is 15.9 Å². The Morgan fingerprint density at radius 1 is 1.28 bits per heavy atom. The summed E-state index contributed by atoms with van der Waals surface area (Å²) in [5.74, 6) is 0.372. The fourth-order valence-corrected chi connectivity index (χ4v) is 4.18. The van der Waals surface area contributed by atoms with E-state index in [-0.39, 0.29) is 23.5 Å². The second kappa shape index (κ2) is 7.20. The largest absolute Gasteiger partial charge is 0.487 e. The second-order valence-electron chi connectivity index (χ2n) is 5.68. The molecular weight excluding hydrogens is 342 g/mol. The number of aromatic nitrogens is 1. The summed E-state index contributed by atoms with van der Waals surface area (Å²) in [7, 11) is -2.08. The molecule has 0 bridgehead atoms. The molecule has 1 aromatic carbocycles. The summed E-state index contributed by atoms with van der Waals surface area (Å²) >= 11 is 0. The van der Waals surface area contributed by atoms with E-state index in [4.69, 9.17) is 4.74 Å². The molecule has 0 radical (unpaired) electrons. The molecule has 7 nitrogen and oxygen atoms in total. The average molecular weight is 361 g/mol. The lowest BCUT2D eigenvalue weighted by molar-refractivity contribution is 0.0963. The van der Waals surface area contributed by atoms with Gasteiger partial charge in [-0.05, 0) is 42.8 Å². The normalized spacial score (nSPS) is 18.0. The van der Waals surface area contributed by atoms with E-state index in [0.717, 1.165) is 0 Å². The van der Waals surface area contributed by atoms with Crippen LogP contribution in [-0.4, -0.2) is 49.9 Å². The van der Waals surface area contributed by atoms with Crippen LogP contribution in [0.4, 0.5) is 0 Å². The van der Waals surface area contributed by atoms with Gasteiger partial charge in [0.15, 0.2) is 0 Å². The van der Waals surface area contributed by atoms with E-state index < -0.39 is 10.0 Å². The van der Waals surface area contributed by atoms with Gasteiger partial charge in [-0.15, -0.1) is 0 Å². The Kier molecular flexibility index (Phi) is 5.00. The summed E-state index contributed by atoms with van der Waals surface area (Å²) in [4.78, 5) is 15.7. The molecule has 0 aliphatic carbocycles. The SMILES string of the molecule is CNC(=O)c1ccc(S(=O)(=O)N2CCC(Oc3cccnc3)C2)cc1. The van der Waals surface area contributed by atoms with Crippen molar-refractivity contribution in [1.29, 1.82) is 0 Å². The van der Waals surface area contributed by atoms with Crippen molar-refractivity contribution in [2.24, 2.45) is 0 Å². The van der Waals surface area contributed by atoms with Crippen LogP contribution in [0.25, 0.3) is 0 Å². The maximum atomic E-state index is 12.7. The average Bonchev–Trinajstić information content (AvgIpc) is 3.11. The van der Waals surface area contributed by atoms with Gasteiger partial charge >= 0.3 is 0 Å². The summed E-state index contributed by atoms with van der Waals surface area (Å²) in [5, 5.41) is 2.50. The highest BCUT2D eigenvalue weighted by Crippen LogP contribution is 2.24. The quantitative estimate of drug-likeness (QED) is 0.867. The number of ether oxygens (including phenoxy) is 1. The molecule has 1 fully saturated rings. The highest BCUT2D eigenvalue weighted by Gasteiger charge is 2.33. The van der Waals surface area contributed by atoms with E-state index in [9.17, 15) is 13.2 Å². The minimum Gasteiger partial charge on any atom is -0.487 e. The number of nitrogens with zero attached hydrogens (tertiary/aromatic N) is 2. The number of benzene rings is 1. The summed E-state index contributed by atoms with van der Waals surface area (Å²) in [6.45, 7) is 0.679. The van der Waals surface area contributed by atoms with E-state index in [1.165, 1.54) is 35.6 Å². The topological polar surface area (TPSA) is 88.6 Å². The zero-order valence-electron chi connectivity index (χ0n) is 13.8. The van der Waals surface area contributed by atoms with Crippen LogP contribution >= 0.6 is 0 Å². The van der Waals surface area contributed by atoms with Gasteiger partial charge in [0.2, 0.25) is 10.0 Å². The Morgan fingerprint density at radius 2 is 2.04 bits per heavy atom. The predicted molar refractivity (Wildman–Crippen MR) is 91.9 cm³/mol. The zero-order valence-corrected chi connectivity index (χ0v) is 14.6. The third-order valence-corrected chi connectivity index (χ3v) is 5.91. The van der Waals surface area contributed by atoms with E-state index >= 15 is 0 Å². The molecule has 1 unspecified atom stereocenters. The molecule has 1 N–H and O–H groups in total. The number of carbonyl (C=O) groups is 1. The first kappa shape index (κ1) is 17.4. The number of hydrogen-bond acceptors (Lipinski definition) is 5. The highest BCUT2D eigenvalue weighted by atomic mass is 32.2. The number of amides is 1. The van der Waals surface area contributed by atoms with Crippen molar-refractivity contribution in [3.8, 4) is 5.75 Å². The van der Waals surface area contributed by atoms with E-state index in [2.05, 4.69) is 10.3 Å². The maximum absolute atomic E-state index is 12.7. The molecule has 2 aromatic rings. The number of sulfonamides is 1. The highest BCUT2D eigenvalue weighted by molar-refractivity contribution is 7.89. The number of pyridine rings is 1. The van der Waals surface area contributed by atoms with Gasteiger partial charge < -0.3 is 10.1 Å². The molecule has 1 atom stereocenters. The lowest BCUT2D eigenvalue weighted by Crippen LogP contribution is -2.31. The second-order valence-corrected chi connectivity index (χ2v) is 7.62. The Balaban J connectivity index is 1.69.